The Bertz CT molecular complexity index is 381. The van der Waals surface area contributed by atoms with Crippen molar-refractivity contribution in [2.24, 2.45) is 5.73 Å². The van der Waals surface area contributed by atoms with E-state index in [0.29, 0.717) is 19.5 Å². The van der Waals surface area contributed by atoms with Crippen LogP contribution in [0.5, 0.6) is 0 Å². The number of nitrogens with one attached hydrogen (secondary N) is 1. The molecule has 0 aromatic heterocycles. The Morgan fingerprint density at radius 3 is 2.81 bits per heavy atom. The van der Waals surface area contributed by atoms with E-state index in [-0.39, 0.29) is 10.9 Å². The van der Waals surface area contributed by atoms with Crippen LogP contribution < -0.4 is 5.73 Å². The van der Waals surface area contributed by atoms with Crippen LogP contribution in [-0.4, -0.2) is 24.3 Å². The van der Waals surface area contributed by atoms with Gasteiger partial charge in [0.15, 0.2) is 0 Å². The van der Waals surface area contributed by atoms with E-state index in [1.165, 1.54) is 6.07 Å². The summed E-state index contributed by atoms with van der Waals surface area (Å²) in [5, 5.41) is 7.24. The Labute approximate surface area is 99.5 Å². The Morgan fingerprint density at radius 1 is 1.56 bits per heavy atom. The molecule has 5 heteroatoms. The van der Waals surface area contributed by atoms with Crippen molar-refractivity contribution in [2.75, 3.05) is 13.6 Å². The minimum Gasteiger partial charge on any atom is -0.388 e. The highest BCUT2D eigenvalue weighted by Crippen LogP contribution is 2.16. The maximum atomic E-state index is 13.1. The van der Waals surface area contributed by atoms with Crippen LogP contribution >= 0.6 is 11.6 Å². The Hall–Kier alpha value is -1.13. The van der Waals surface area contributed by atoms with Crippen molar-refractivity contribution in [3.63, 3.8) is 0 Å². The summed E-state index contributed by atoms with van der Waals surface area (Å²) in [5.74, 6) is -0.242. The van der Waals surface area contributed by atoms with Crippen molar-refractivity contribution in [3.8, 4) is 0 Å². The monoisotopic (exact) mass is 243 g/mol. The molecule has 0 radical (unpaired) electrons. The highest BCUT2D eigenvalue weighted by atomic mass is 35.5. The summed E-state index contributed by atoms with van der Waals surface area (Å²) in [5.41, 5.74) is 6.11. The molecule has 1 aromatic carbocycles. The highest BCUT2D eigenvalue weighted by Gasteiger charge is 2.04. The van der Waals surface area contributed by atoms with E-state index < -0.39 is 5.82 Å². The van der Waals surface area contributed by atoms with Crippen molar-refractivity contribution < 1.29 is 4.39 Å². The maximum Gasteiger partial charge on any atom is 0.142 e. The van der Waals surface area contributed by atoms with Crippen molar-refractivity contribution in [3.05, 3.63) is 34.6 Å². The van der Waals surface area contributed by atoms with E-state index in [1.54, 1.807) is 12.1 Å². The molecule has 3 nitrogen and oxygen atoms in total. The van der Waals surface area contributed by atoms with E-state index in [9.17, 15) is 4.39 Å². The summed E-state index contributed by atoms with van der Waals surface area (Å²) in [7, 11) is 1.90. The van der Waals surface area contributed by atoms with Crippen LogP contribution in [0.25, 0.3) is 0 Å². The number of nitrogens with two attached hydrogens (primary N) is 1. The van der Waals surface area contributed by atoms with Crippen LogP contribution in [0.15, 0.2) is 18.2 Å². The molecular formula is C11H15ClFN3. The summed E-state index contributed by atoms with van der Waals surface area (Å²) in [6.45, 7) is 1.29. The molecule has 88 valence electrons. The van der Waals surface area contributed by atoms with Gasteiger partial charge in [0, 0.05) is 19.5 Å². The van der Waals surface area contributed by atoms with Gasteiger partial charge in [-0.2, -0.15) is 0 Å². The van der Waals surface area contributed by atoms with Gasteiger partial charge in [-0.3, -0.25) is 5.41 Å². The molecule has 1 rings (SSSR count). The molecule has 0 bridgehead atoms. The average Bonchev–Trinajstić information content (AvgIpc) is 2.21. The van der Waals surface area contributed by atoms with Crippen molar-refractivity contribution in [2.45, 2.75) is 13.0 Å². The molecule has 16 heavy (non-hydrogen) atoms. The molecule has 0 spiro atoms. The number of halogens is 2. The maximum absolute atomic E-state index is 13.1. The Balaban J connectivity index is 2.52. The van der Waals surface area contributed by atoms with E-state index in [0.717, 1.165) is 5.56 Å². The number of hydrogen-bond donors (Lipinski definition) is 2. The van der Waals surface area contributed by atoms with Gasteiger partial charge < -0.3 is 10.6 Å². The molecule has 0 fully saturated rings. The van der Waals surface area contributed by atoms with Crippen molar-refractivity contribution in [1.82, 2.24) is 4.90 Å². The number of benzene rings is 1. The minimum atomic E-state index is -0.404. The normalized spacial score (nSPS) is 10.8. The molecule has 0 saturated heterocycles. The van der Waals surface area contributed by atoms with Gasteiger partial charge in [-0.1, -0.05) is 17.7 Å². The zero-order chi connectivity index (χ0) is 12.1. The molecule has 1 aromatic rings. The average molecular weight is 244 g/mol. The number of rotatable bonds is 5. The fraction of sp³-hybridized carbons (Fsp3) is 0.364. The lowest BCUT2D eigenvalue weighted by Gasteiger charge is -2.16. The fourth-order valence-electron chi connectivity index (χ4n) is 1.34. The first kappa shape index (κ1) is 12.9. The predicted octanol–water partition coefficient (Wildman–Crippen LogP) is 2.24. The number of hydrogen-bond acceptors (Lipinski definition) is 2. The zero-order valence-corrected chi connectivity index (χ0v) is 9.89. The largest absolute Gasteiger partial charge is 0.388 e. The predicted molar refractivity (Wildman–Crippen MR) is 64.3 cm³/mol. The third-order valence-corrected chi connectivity index (χ3v) is 2.51. The lowest BCUT2D eigenvalue weighted by Crippen LogP contribution is -2.23. The molecule has 0 amide bonds. The van der Waals surface area contributed by atoms with Gasteiger partial charge in [-0.15, -0.1) is 0 Å². The quantitative estimate of drug-likeness (QED) is 0.616. The van der Waals surface area contributed by atoms with Crippen LogP contribution in [-0.2, 0) is 6.54 Å². The highest BCUT2D eigenvalue weighted by molar-refractivity contribution is 6.30. The molecular weight excluding hydrogens is 229 g/mol. The molecule has 0 aliphatic rings. The molecule has 0 unspecified atom stereocenters. The lowest BCUT2D eigenvalue weighted by atomic mass is 10.2. The topological polar surface area (TPSA) is 53.1 Å². The van der Waals surface area contributed by atoms with Gasteiger partial charge in [0.05, 0.1) is 10.9 Å². The second-order valence-corrected chi connectivity index (χ2v) is 4.17. The summed E-state index contributed by atoms with van der Waals surface area (Å²) in [6.07, 6.45) is 0.520. The third-order valence-electron chi connectivity index (χ3n) is 2.20. The Kier molecular flexibility index (Phi) is 4.71. The van der Waals surface area contributed by atoms with E-state index in [2.05, 4.69) is 0 Å². The molecule has 0 aliphatic carbocycles. The first-order chi connectivity index (χ1) is 7.49. The van der Waals surface area contributed by atoms with Crippen LogP contribution in [0.4, 0.5) is 4.39 Å². The fourth-order valence-corrected chi connectivity index (χ4v) is 1.46. The molecule has 0 aliphatic heterocycles. The minimum absolute atomic E-state index is 0.134. The van der Waals surface area contributed by atoms with Gasteiger partial charge in [0.2, 0.25) is 0 Å². The number of nitrogens with zero attached hydrogens (tertiary/aromatic N) is 1. The van der Waals surface area contributed by atoms with Gasteiger partial charge in [-0.05, 0) is 24.7 Å². The molecule has 0 saturated carbocycles. The second kappa shape index (κ2) is 5.82. The van der Waals surface area contributed by atoms with Crippen LogP contribution in [0, 0.1) is 11.2 Å². The van der Waals surface area contributed by atoms with E-state index >= 15 is 0 Å². The molecule has 3 N–H and O–H groups in total. The van der Waals surface area contributed by atoms with Gasteiger partial charge in [0.25, 0.3) is 0 Å². The second-order valence-electron chi connectivity index (χ2n) is 3.76. The van der Waals surface area contributed by atoms with Gasteiger partial charge in [0.1, 0.15) is 5.82 Å². The molecule has 0 heterocycles. The van der Waals surface area contributed by atoms with E-state index in [4.69, 9.17) is 22.7 Å². The van der Waals surface area contributed by atoms with Crippen LogP contribution in [0.2, 0.25) is 5.02 Å². The first-order valence-corrected chi connectivity index (χ1v) is 5.32. The SMILES string of the molecule is CN(CCC(=N)N)Cc1ccc(Cl)c(F)c1. The lowest BCUT2D eigenvalue weighted by molar-refractivity contribution is 0.336. The van der Waals surface area contributed by atoms with Crippen molar-refractivity contribution >= 4 is 17.4 Å². The van der Waals surface area contributed by atoms with Crippen molar-refractivity contribution in [1.29, 1.82) is 5.41 Å². The first-order valence-electron chi connectivity index (χ1n) is 4.94. The standard InChI is InChI=1S/C11H15ClFN3/c1-16(5-4-11(14)15)7-8-2-3-9(12)10(13)6-8/h2-3,6H,4-5,7H2,1H3,(H3,14,15). The summed E-state index contributed by atoms with van der Waals surface area (Å²) >= 11 is 5.59. The summed E-state index contributed by atoms with van der Waals surface area (Å²) < 4.78 is 13.1. The van der Waals surface area contributed by atoms with Crippen LogP contribution in [0.3, 0.4) is 0 Å². The summed E-state index contributed by atoms with van der Waals surface area (Å²) in [6, 6.07) is 4.76. The Morgan fingerprint density at radius 2 is 2.25 bits per heavy atom. The number of amidine groups is 1. The van der Waals surface area contributed by atoms with Crippen LogP contribution in [0.1, 0.15) is 12.0 Å². The molecule has 0 atom stereocenters. The van der Waals surface area contributed by atoms with Gasteiger partial charge >= 0.3 is 0 Å². The van der Waals surface area contributed by atoms with E-state index in [1.807, 2.05) is 11.9 Å². The third kappa shape index (κ3) is 4.16. The zero-order valence-electron chi connectivity index (χ0n) is 9.13. The smallest absolute Gasteiger partial charge is 0.142 e. The summed E-state index contributed by atoms with van der Waals surface area (Å²) in [4.78, 5) is 1.98. The van der Waals surface area contributed by atoms with Gasteiger partial charge in [-0.25, -0.2) is 4.39 Å².